The van der Waals surface area contributed by atoms with E-state index in [0.717, 1.165) is 11.1 Å². The first-order valence-electron chi connectivity index (χ1n) is 8.61. The van der Waals surface area contributed by atoms with Crippen LogP contribution in [0.3, 0.4) is 0 Å². The van der Waals surface area contributed by atoms with Crippen molar-refractivity contribution in [1.82, 2.24) is 20.3 Å². The summed E-state index contributed by atoms with van der Waals surface area (Å²) in [7, 11) is -3.31. The van der Waals surface area contributed by atoms with E-state index in [-0.39, 0.29) is 29.9 Å². The number of fused-ring (bicyclic) bond motifs is 1. The number of hydrogen-bond donors (Lipinski definition) is 3. The molecule has 3 rings (SSSR count). The molecule has 10 heteroatoms. The SMILES string of the molecule is CS(=O)(=O)NC1CC2C(=O)NCC(CCC(=O)NCc3cccs3)N2C1. The van der Waals surface area contributed by atoms with Gasteiger partial charge >= 0.3 is 0 Å². The second-order valence-electron chi connectivity index (χ2n) is 6.83. The number of hydrogen-bond acceptors (Lipinski definition) is 6. The van der Waals surface area contributed by atoms with Gasteiger partial charge in [0.1, 0.15) is 0 Å². The molecule has 3 unspecified atom stereocenters. The quantitative estimate of drug-likeness (QED) is 0.579. The van der Waals surface area contributed by atoms with Crippen LogP contribution in [-0.4, -0.2) is 62.6 Å². The van der Waals surface area contributed by atoms with E-state index in [4.69, 9.17) is 0 Å². The third-order valence-electron chi connectivity index (χ3n) is 4.75. The van der Waals surface area contributed by atoms with E-state index in [1.807, 2.05) is 22.4 Å². The summed E-state index contributed by atoms with van der Waals surface area (Å²) < 4.78 is 25.5. The van der Waals surface area contributed by atoms with Crippen molar-refractivity contribution < 1.29 is 18.0 Å². The van der Waals surface area contributed by atoms with Crippen LogP contribution in [0.2, 0.25) is 0 Å². The molecule has 2 aliphatic heterocycles. The number of nitrogens with one attached hydrogen (secondary N) is 3. The van der Waals surface area contributed by atoms with E-state index in [2.05, 4.69) is 15.4 Å². The number of rotatable bonds is 7. The Morgan fingerprint density at radius 1 is 1.46 bits per heavy atom. The van der Waals surface area contributed by atoms with Crippen LogP contribution >= 0.6 is 11.3 Å². The van der Waals surface area contributed by atoms with Gasteiger partial charge < -0.3 is 10.6 Å². The van der Waals surface area contributed by atoms with E-state index >= 15 is 0 Å². The molecule has 1 aromatic heterocycles. The molecule has 3 atom stereocenters. The molecular weight excluding hydrogens is 376 g/mol. The van der Waals surface area contributed by atoms with Crippen LogP contribution < -0.4 is 15.4 Å². The van der Waals surface area contributed by atoms with Crippen molar-refractivity contribution in [1.29, 1.82) is 0 Å². The highest BCUT2D eigenvalue weighted by atomic mass is 32.2. The molecule has 1 aromatic rings. The van der Waals surface area contributed by atoms with Crippen LogP contribution in [0.25, 0.3) is 0 Å². The highest BCUT2D eigenvalue weighted by Gasteiger charge is 2.43. The van der Waals surface area contributed by atoms with Gasteiger partial charge in [-0.3, -0.25) is 14.5 Å². The number of carbonyl (C=O) groups is 2. The maximum Gasteiger partial charge on any atom is 0.237 e. The molecule has 26 heavy (non-hydrogen) atoms. The van der Waals surface area contributed by atoms with Crippen molar-refractivity contribution in [3.8, 4) is 0 Å². The van der Waals surface area contributed by atoms with Gasteiger partial charge in [0, 0.05) is 36.5 Å². The maximum atomic E-state index is 12.1. The zero-order chi connectivity index (χ0) is 18.7. The molecule has 2 amide bonds. The van der Waals surface area contributed by atoms with Gasteiger partial charge in [0.25, 0.3) is 0 Å². The Kier molecular flexibility index (Phi) is 5.96. The lowest BCUT2D eigenvalue weighted by Gasteiger charge is -2.37. The number of piperazine rings is 1. The third kappa shape index (κ3) is 5.03. The minimum Gasteiger partial charge on any atom is -0.353 e. The van der Waals surface area contributed by atoms with Gasteiger partial charge in [-0.1, -0.05) is 6.07 Å². The van der Waals surface area contributed by atoms with Gasteiger partial charge in [0.2, 0.25) is 21.8 Å². The number of thiophene rings is 1. The monoisotopic (exact) mass is 400 g/mol. The van der Waals surface area contributed by atoms with Gasteiger partial charge in [0.05, 0.1) is 18.8 Å². The van der Waals surface area contributed by atoms with Crippen molar-refractivity contribution in [2.75, 3.05) is 19.3 Å². The normalized spacial score (nSPS) is 26.3. The molecular formula is C16H24N4O4S2. The first-order chi connectivity index (χ1) is 12.3. The second kappa shape index (κ2) is 8.03. The predicted molar refractivity (Wildman–Crippen MR) is 99.1 cm³/mol. The zero-order valence-electron chi connectivity index (χ0n) is 14.6. The third-order valence-corrected chi connectivity index (χ3v) is 6.39. The Balaban J connectivity index is 1.51. The van der Waals surface area contributed by atoms with Gasteiger partial charge in [-0.25, -0.2) is 13.1 Å². The van der Waals surface area contributed by atoms with Crippen LogP contribution in [0.15, 0.2) is 17.5 Å². The zero-order valence-corrected chi connectivity index (χ0v) is 16.2. The van der Waals surface area contributed by atoms with Crippen molar-refractivity contribution in [3.63, 3.8) is 0 Å². The van der Waals surface area contributed by atoms with Crippen molar-refractivity contribution in [3.05, 3.63) is 22.4 Å². The summed E-state index contributed by atoms with van der Waals surface area (Å²) in [5, 5.41) is 7.76. The molecule has 3 heterocycles. The summed E-state index contributed by atoms with van der Waals surface area (Å²) in [5.41, 5.74) is 0. The lowest BCUT2D eigenvalue weighted by atomic mass is 10.0. The highest BCUT2D eigenvalue weighted by Crippen LogP contribution is 2.26. The van der Waals surface area contributed by atoms with E-state index in [9.17, 15) is 18.0 Å². The topological polar surface area (TPSA) is 108 Å². The summed E-state index contributed by atoms with van der Waals surface area (Å²) >= 11 is 1.60. The number of amides is 2. The minimum atomic E-state index is -3.31. The van der Waals surface area contributed by atoms with Crippen molar-refractivity contribution in [2.45, 2.75) is 43.9 Å². The van der Waals surface area contributed by atoms with Crippen LogP contribution in [-0.2, 0) is 26.2 Å². The van der Waals surface area contributed by atoms with Crippen LogP contribution in [0.1, 0.15) is 24.1 Å². The van der Waals surface area contributed by atoms with E-state index in [1.54, 1.807) is 11.3 Å². The van der Waals surface area contributed by atoms with Crippen molar-refractivity contribution in [2.24, 2.45) is 0 Å². The summed E-state index contributed by atoms with van der Waals surface area (Å²) in [6.45, 7) is 1.51. The lowest BCUT2D eigenvalue weighted by Crippen LogP contribution is -2.58. The van der Waals surface area contributed by atoms with Crippen LogP contribution in [0.4, 0.5) is 0 Å². The fourth-order valence-corrected chi connectivity index (χ4v) is 5.04. The minimum absolute atomic E-state index is 0.0168. The first-order valence-corrected chi connectivity index (χ1v) is 11.4. The smallest absolute Gasteiger partial charge is 0.237 e. The average Bonchev–Trinajstić information content (AvgIpc) is 3.20. The molecule has 0 saturated carbocycles. The second-order valence-corrected chi connectivity index (χ2v) is 9.64. The molecule has 2 fully saturated rings. The van der Waals surface area contributed by atoms with E-state index < -0.39 is 10.0 Å². The molecule has 0 spiro atoms. The molecule has 2 aliphatic rings. The molecule has 0 bridgehead atoms. The highest BCUT2D eigenvalue weighted by molar-refractivity contribution is 7.88. The molecule has 0 aromatic carbocycles. The Morgan fingerprint density at radius 2 is 2.27 bits per heavy atom. The van der Waals surface area contributed by atoms with Crippen LogP contribution in [0, 0.1) is 0 Å². The van der Waals surface area contributed by atoms with Crippen LogP contribution in [0.5, 0.6) is 0 Å². The van der Waals surface area contributed by atoms with Gasteiger partial charge in [-0.05, 0) is 24.3 Å². The largest absolute Gasteiger partial charge is 0.353 e. The molecule has 2 saturated heterocycles. The lowest BCUT2D eigenvalue weighted by molar-refractivity contribution is -0.129. The van der Waals surface area contributed by atoms with Gasteiger partial charge in [0.15, 0.2) is 0 Å². The maximum absolute atomic E-state index is 12.1. The first kappa shape index (κ1) is 19.3. The summed E-state index contributed by atoms with van der Waals surface area (Å²) in [6.07, 6.45) is 2.58. The Bertz CT molecular complexity index is 750. The van der Waals surface area contributed by atoms with Gasteiger partial charge in [-0.2, -0.15) is 0 Å². The van der Waals surface area contributed by atoms with E-state index in [0.29, 0.717) is 38.9 Å². The Hall–Kier alpha value is -1.49. The summed E-state index contributed by atoms with van der Waals surface area (Å²) in [6, 6.07) is 3.36. The molecule has 0 aliphatic carbocycles. The van der Waals surface area contributed by atoms with Crippen molar-refractivity contribution >= 4 is 33.2 Å². The number of sulfonamides is 1. The fraction of sp³-hybridized carbons (Fsp3) is 0.625. The number of carbonyl (C=O) groups excluding carboxylic acids is 2. The molecule has 144 valence electrons. The Labute approximate surface area is 157 Å². The predicted octanol–water partition coefficient (Wildman–Crippen LogP) is -0.365. The van der Waals surface area contributed by atoms with Gasteiger partial charge in [-0.15, -0.1) is 11.3 Å². The summed E-state index contributed by atoms with van der Waals surface area (Å²) in [5.74, 6) is -0.0851. The molecule has 0 radical (unpaired) electrons. The molecule has 8 nitrogen and oxygen atoms in total. The van der Waals surface area contributed by atoms with E-state index in [1.165, 1.54) is 0 Å². The number of nitrogens with zero attached hydrogens (tertiary/aromatic N) is 1. The summed E-state index contributed by atoms with van der Waals surface area (Å²) in [4.78, 5) is 27.3. The Morgan fingerprint density at radius 3 is 2.96 bits per heavy atom. The standard InChI is InChI=1S/C16H24N4O4S2/c1-26(23,24)19-11-7-14-16(22)18-8-12(20(14)10-11)4-5-15(21)17-9-13-3-2-6-25-13/h2-3,6,11-12,14,19H,4-5,7-10H2,1H3,(H,17,21)(H,18,22). The average molecular weight is 401 g/mol. The fourth-order valence-electron chi connectivity index (χ4n) is 3.62. The molecule has 3 N–H and O–H groups in total.